The van der Waals surface area contributed by atoms with Gasteiger partial charge in [0.2, 0.25) is 0 Å². The van der Waals surface area contributed by atoms with Crippen molar-refractivity contribution in [3.8, 4) is 0 Å². The Balaban J connectivity index is 1.99. The van der Waals surface area contributed by atoms with Crippen molar-refractivity contribution in [1.82, 2.24) is 5.32 Å². The topological polar surface area (TPSA) is 12.0 Å². The normalized spacial score (nSPS) is 19.6. The standard InChI is InChI=1S/C14H18F3N/c1-10(9-14(15,16)17)18-13(12-7-8-12)11-5-3-2-4-6-11/h2-6,10,12-13,18H,7-9H2,1H3. The minimum atomic E-state index is -4.10. The highest BCUT2D eigenvalue weighted by molar-refractivity contribution is 5.21. The van der Waals surface area contributed by atoms with Crippen molar-refractivity contribution in [3.05, 3.63) is 35.9 Å². The van der Waals surface area contributed by atoms with Crippen molar-refractivity contribution in [2.45, 2.75) is 44.4 Å². The van der Waals surface area contributed by atoms with E-state index in [1.165, 1.54) is 0 Å². The molecule has 18 heavy (non-hydrogen) atoms. The molecule has 2 unspecified atom stereocenters. The first-order valence-corrected chi connectivity index (χ1v) is 6.33. The molecule has 1 N–H and O–H groups in total. The number of rotatable bonds is 5. The molecule has 1 aliphatic rings. The molecule has 0 spiro atoms. The highest BCUT2D eigenvalue weighted by Gasteiger charge is 2.35. The van der Waals surface area contributed by atoms with Gasteiger partial charge in [-0.3, -0.25) is 0 Å². The van der Waals surface area contributed by atoms with Crippen molar-refractivity contribution in [1.29, 1.82) is 0 Å². The van der Waals surface area contributed by atoms with E-state index in [0.717, 1.165) is 18.4 Å². The first-order valence-electron chi connectivity index (χ1n) is 6.33. The molecular weight excluding hydrogens is 239 g/mol. The van der Waals surface area contributed by atoms with E-state index in [0.29, 0.717) is 5.92 Å². The van der Waals surface area contributed by atoms with Crippen LogP contribution in [0.4, 0.5) is 13.2 Å². The van der Waals surface area contributed by atoms with Crippen LogP contribution in [0.3, 0.4) is 0 Å². The summed E-state index contributed by atoms with van der Waals surface area (Å²) in [5, 5.41) is 3.13. The second kappa shape index (κ2) is 5.31. The van der Waals surface area contributed by atoms with Gasteiger partial charge < -0.3 is 5.32 Å². The summed E-state index contributed by atoms with van der Waals surface area (Å²) in [6, 6.07) is 9.26. The van der Waals surface area contributed by atoms with Crippen LogP contribution in [0, 0.1) is 5.92 Å². The quantitative estimate of drug-likeness (QED) is 0.838. The number of hydrogen-bond acceptors (Lipinski definition) is 1. The maximum atomic E-state index is 12.3. The third kappa shape index (κ3) is 4.02. The summed E-state index contributed by atoms with van der Waals surface area (Å²) < 4.78 is 37.0. The molecule has 0 bridgehead atoms. The van der Waals surface area contributed by atoms with Crippen molar-refractivity contribution < 1.29 is 13.2 Å². The molecule has 1 nitrogen and oxygen atoms in total. The molecule has 0 radical (unpaired) electrons. The van der Waals surface area contributed by atoms with Crippen LogP contribution in [0.15, 0.2) is 30.3 Å². The number of benzene rings is 1. The molecule has 1 saturated carbocycles. The van der Waals surface area contributed by atoms with Gasteiger partial charge in [0.25, 0.3) is 0 Å². The monoisotopic (exact) mass is 257 g/mol. The van der Waals surface area contributed by atoms with Crippen LogP contribution in [0.5, 0.6) is 0 Å². The second-order valence-corrected chi connectivity index (χ2v) is 5.11. The molecule has 2 rings (SSSR count). The van der Waals surface area contributed by atoms with Crippen LogP contribution < -0.4 is 5.32 Å². The lowest BCUT2D eigenvalue weighted by Gasteiger charge is -2.24. The summed E-state index contributed by atoms with van der Waals surface area (Å²) in [6.07, 6.45) is -2.67. The fourth-order valence-electron chi connectivity index (χ4n) is 2.31. The van der Waals surface area contributed by atoms with Crippen molar-refractivity contribution >= 4 is 0 Å². The first-order chi connectivity index (χ1) is 8.46. The molecule has 0 heterocycles. The number of alkyl halides is 3. The Morgan fingerprint density at radius 3 is 2.33 bits per heavy atom. The van der Waals surface area contributed by atoms with E-state index in [9.17, 15) is 13.2 Å². The van der Waals surface area contributed by atoms with E-state index >= 15 is 0 Å². The van der Waals surface area contributed by atoms with Gasteiger partial charge in [0.05, 0.1) is 6.42 Å². The molecule has 2 atom stereocenters. The van der Waals surface area contributed by atoms with E-state index < -0.39 is 18.6 Å². The van der Waals surface area contributed by atoms with Gasteiger partial charge in [-0.1, -0.05) is 30.3 Å². The molecule has 4 heteroatoms. The molecule has 1 fully saturated rings. The van der Waals surface area contributed by atoms with Crippen LogP contribution in [0.25, 0.3) is 0 Å². The summed E-state index contributed by atoms with van der Waals surface area (Å²) in [6.45, 7) is 1.60. The van der Waals surface area contributed by atoms with Gasteiger partial charge in [-0.2, -0.15) is 13.2 Å². The van der Waals surface area contributed by atoms with Gasteiger partial charge >= 0.3 is 6.18 Å². The second-order valence-electron chi connectivity index (χ2n) is 5.11. The zero-order valence-electron chi connectivity index (χ0n) is 10.4. The van der Waals surface area contributed by atoms with Gasteiger partial charge in [0.15, 0.2) is 0 Å². The minimum Gasteiger partial charge on any atom is -0.307 e. The number of halogens is 3. The zero-order chi connectivity index (χ0) is 13.2. The van der Waals surface area contributed by atoms with Gasteiger partial charge in [-0.15, -0.1) is 0 Å². The Morgan fingerprint density at radius 1 is 1.22 bits per heavy atom. The molecule has 0 amide bonds. The maximum absolute atomic E-state index is 12.3. The SMILES string of the molecule is CC(CC(F)(F)F)NC(c1ccccc1)C1CC1. The van der Waals surface area contributed by atoms with Crippen molar-refractivity contribution in [2.75, 3.05) is 0 Å². The van der Waals surface area contributed by atoms with Crippen LogP contribution in [-0.4, -0.2) is 12.2 Å². The lowest BCUT2D eigenvalue weighted by molar-refractivity contribution is -0.139. The molecule has 100 valence electrons. The average molecular weight is 257 g/mol. The Kier molecular flexibility index (Phi) is 3.95. The Labute approximate surface area is 105 Å². The molecule has 1 aromatic rings. The van der Waals surface area contributed by atoms with E-state index in [2.05, 4.69) is 5.32 Å². The third-order valence-corrected chi connectivity index (χ3v) is 3.25. The van der Waals surface area contributed by atoms with Crippen molar-refractivity contribution in [3.63, 3.8) is 0 Å². The first kappa shape index (κ1) is 13.4. The largest absolute Gasteiger partial charge is 0.390 e. The Morgan fingerprint density at radius 2 is 1.83 bits per heavy atom. The summed E-state index contributed by atoms with van der Waals surface area (Å²) in [5.74, 6) is 0.489. The van der Waals surface area contributed by atoms with Crippen LogP contribution in [0.2, 0.25) is 0 Å². The van der Waals surface area contributed by atoms with Crippen LogP contribution in [-0.2, 0) is 0 Å². The molecule has 1 aromatic carbocycles. The smallest absolute Gasteiger partial charge is 0.307 e. The number of hydrogen-bond donors (Lipinski definition) is 1. The van der Waals surface area contributed by atoms with Crippen LogP contribution >= 0.6 is 0 Å². The maximum Gasteiger partial charge on any atom is 0.390 e. The molecule has 0 aromatic heterocycles. The molecule has 1 aliphatic carbocycles. The summed E-state index contributed by atoms with van der Waals surface area (Å²) in [4.78, 5) is 0. The Bertz CT molecular complexity index is 370. The zero-order valence-corrected chi connectivity index (χ0v) is 10.4. The number of nitrogens with one attached hydrogen (secondary N) is 1. The molecular formula is C14H18F3N. The van der Waals surface area contributed by atoms with E-state index in [-0.39, 0.29) is 6.04 Å². The summed E-state index contributed by atoms with van der Waals surface area (Å²) >= 11 is 0. The fourth-order valence-corrected chi connectivity index (χ4v) is 2.31. The lowest BCUT2D eigenvalue weighted by Crippen LogP contribution is -2.35. The summed E-state index contributed by atoms with van der Waals surface area (Å²) in [5.41, 5.74) is 1.09. The third-order valence-electron chi connectivity index (χ3n) is 3.25. The van der Waals surface area contributed by atoms with Gasteiger partial charge in [-0.25, -0.2) is 0 Å². The van der Waals surface area contributed by atoms with Crippen molar-refractivity contribution in [2.24, 2.45) is 5.92 Å². The van der Waals surface area contributed by atoms with E-state index in [1.807, 2.05) is 30.3 Å². The predicted octanol–water partition coefficient (Wildman–Crippen LogP) is 4.07. The predicted molar refractivity (Wildman–Crippen MR) is 65.2 cm³/mol. The van der Waals surface area contributed by atoms with E-state index in [4.69, 9.17) is 0 Å². The van der Waals surface area contributed by atoms with Crippen LogP contribution in [0.1, 0.15) is 37.8 Å². The van der Waals surface area contributed by atoms with Gasteiger partial charge in [0, 0.05) is 12.1 Å². The molecule has 0 aliphatic heterocycles. The highest BCUT2D eigenvalue weighted by Crippen LogP contribution is 2.41. The summed E-state index contributed by atoms with van der Waals surface area (Å²) in [7, 11) is 0. The lowest BCUT2D eigenvalue weighted by atomic mass is 10.0. The molecule has 0 saturated heterocycles. The Hall–Kier alpha value is -1.03. The van der Waals surface area contributed by atoms with Gasteiger partial charge in [0.1, 0.15) is 0 Å². The highest BCUT2D eigenvalue weighted by atomic mass is 19.4. The fraction of sp³-hybridized carbons (Fsp3) is 0.571. The van der Waals surface area contributed by atoms with Gasteiger partial charge in [-0.05, 0) is 31.2 Å². The minimum absolute atomic E-state index is 0.0588. The average Bonchev–Trinajstić information content (AvgIpc) is 3.08. The van der Waals surface area contributed by atoms with E-state index in [1.54, 1.807) is 6.92 Å².